The van der Waals surface area contributed by atoms with Crippen LogP contribution in [0, 0.1) is 5.92 Å². The first kappa shape index (κ1) is 14.4. The standard InChI is InChI=1S/C14H23NOS/c1-12(2)11-15-9-6-10-16-13-7-4-5-8-14(13)17-3/h4-5,7-8,12,15H,6,9-11H2,1-3H3. The summed E-state index contributed by atoms with van der Waals surface area (Å²) < 4.78 is 5.77. The third-order valence-corrected chi connectivity index (χ3v) is 3.15. The van der Waals surface area contributed by atoms with E-state index >= 15 is 0 Å². The maximum absolute atomic E-state index is 5.77. The maximum Gasteiger partial charge on any atom is 0.132 e. The van der Waals surface area contributed by atoms with Crippen LogP contribution in [0.15, 0.2) is 29.2 Å². The molecule has 96 valence electrons. The number of hydrogen-bond donors (Lipinski definition) is 1. The van der Waals surface area contributed by atoms with Gasteiger partial charge in [0, 0.05) is 4.90 Å². The number of para-hydroxylation sites is 1. The van der Waals surface area contributed by atoms with E-state index in [0.29, 0.717) is 5.92 Å². The molecule has 0 radical (unpaired) electrons. The predicted molar refractivity (Wildman–Crippen MR) is 76.0 cm³/mol. The van der Waals surface area contributed by atoms with Gasteiger partial charge in [-0.3, -0.25) is 0 Å². The van der Waals surface area contributed by atoms with Crippen LogP contribution in [0.2, 0.25) is 0 Å². The minimum Gasteiger partial charge on any atom is -0.492 e. The normalized spacial score (nSPS) is 10.8. The lowest BCUT2D eigenvalue weighted by Crippen LogP contribution is -2.22. The van der Waals surface area contributed by atoms with Gasteiger partial charge < -0.3 is 10.1 Å². The number of rotatable bonds is 8. The molecule has 0 saturated heterocycles. The van der Waals surface area contributed by atoms with E-state index < -0.39 is 0 Å². The van der Waals surface area contributed by atoms with Gasteiger partial charge in [-0.1, -0.05) is 26.0 Å². The Labute approximate surface area is 109 Å². The molecule has 0 bridgehead atoms. The monoisotopic (exact) mass is 253 g/mol. The molecule has 17 heavy (non-hydrogen) atoms. The largest absolute Gasteiger partial charge is 0.492 e. The van der Waals surface area contributed by atoms with Gasteiger partial charge in [0.05, 0.1) is 6.61 Å². The highest BCUT2D eigenvalue weighted by molar-refractivity contribution is 7.98. The molecule has 0 amide bonds. The first-order valence-electron chi connectivity index (χ1n) is 6.20. The summed E-state index contributed by atoms with van der Waals surface area (Å²) in [5.41, 5.74) is 0. The quantitative estimate of drug-likeness (QED) is 0.566. The summed E-state index contributed by atoms with van der Waals surface area (Å²) in [6.07, 6.45) is 3.13. The molecule has 0 spiro atoms. The van der Waals surface area contributed by atoms with Gasteiger partial charge in [0.2, 0.25) is 0 Å². The number of hydrogen-bond acceptors (Lipinski definition) is 3. The topological polar surface area (TPSA) is 21.3 Å². The van der Waals surface area contributed by atoms with Crippen LogP contribution in [-0.2, 0) is 0 Å². The van der Waals surface area contributed by atoms with Crippen LogP contribution in [0.5, 0.6) is 5.75 Å². The van der Waals surface area contributed by atoms with Crippen molar-refractivity contribution in [2.24, 2.45) is 5.92 Å². The molecule has 1 aromatic rings. The zero-order chi connectivity index (χ0) is 12.5. The van der Waals surface area contributed by atoms with Crippen molar-refractivity contribution in [1.29, 1.82) is 0 Å². The second kappa shape index (κ2) is 8.43. The van der Waals surface area contributed by atoms with E-state index in [-0.39, 0.29) is 0 Å². The van der Waals surface area contributed by atoms with Crippen LogP contribution in [0.4, 0.5) is 0 Å². The Balaban J connectivity index is 2.17. The van der Waals surface area contributed by atoms with Crippen LogP contribution in [0.3, 0.4) is 0 Å². The molecule has 0 heterocycles. The molecule has 0 unspecified atom stereocenters. The van der Waals surface area contributed by atoms with Crippen molar-refractivity contribution in [1.82, 2.24) is 5.32 Å². The van der Waals surface area contributed by atoms with E-state index in [1.165, 1.54) is 4.90 Å². The Bertz CT molecular complexity index is 315. The van der Waals surface area contributed by atoms with Crippen LogP contribution < -0.4 is 10.1 Å². The van der Waals surface area contributed by atoms with Gasteiger partial charge in [-0.2, -0.15) is 0 Å². The minimum atomic E-state index is 0.716. The first-order valence-corrected chi connectivity index (χ1v) is 7.43. The van der Waals surface area contributed by atoms with E-state index in [9.17, 15) is 0 Å². The highest BCUT2D eigenvalue weighted by Gasteiger charge is 2.00. The summed E-state index contributed by atoms with van der Waals surface area (Å²) in [4.78, 5) is 1.21. The molecule has 0 aliphatic rings. The summed E-state index contributed by atoms with van der Waals surface area (Å²) in [5.74, 6) is 1.72. The highest BCUT2D eigenvalue weighted by atomic mass is 32.2. The van der Waals surface area contributed by atoms with Gasteiger partial charge in [-0.15, -0.1) is 11.8 Å². The van der Waals surface area contributed by atoms with Crippen molar-refractivity contribution >= 4 is 11.8 Å². The molecule has 0 aliphatic carbocycles. The third-order valence-electron chi connectivity index (χ3n) is 2.38. The Morgan fingerprint density at radius 2 is 2.06 bits per heavy atom. The smallest absolute Gasteiger partial charge is 0.132 e. The predicted octanol–water partition coefficient (Wildman–Crippen LogP) is 3.42. The van der Waals surface area contributed by atoms with Gasteiger partial charge in [0.1, 0.15) is 5.75 Å². The van der Waals surface area contributed by atoms with Crippen molar-refractivity contribution in [3.8, 4) is 5.75 Å². The molecule has 3 heteroatoms. The molecule has 2 nitrogen and oxygen atoms in total. The molecular weight excluding hydrogens is 230 g/mol. The Kier molecular flexibility index (Phi) is 7.13. The molecule has 1 rings (SSSR count). The minimum absolute atomic E-state index is 0.716. The number of ether oxygens (including phenoxy) is 1. The van der Waals surface area contributed by atoms with Gasteiger partial charge in [0.15, 0.2) is 0 Å². The van der Waals surface area contributed by atoms with Crippen molar-refractivity contribution in [3.05, 3.63) is 24.3 Å². The van der Waals surface area contributed by atoms with Crippen molar-refractivity contribution in [2.45, 2.75) is 25.2 Å². The Morgan fingerprint density at radius 3 is 2.76 bits per heavy atom. The molecule has 0 atom stereocenters. The van der Waals surface area contributed by atoms with E-state index in [4.69, 9.17) is 4.74 Å². The van der Waals surface area contributed by atoms with E-state index in [1.54, 1.807) is 11.8 Å². The summed E-state index contributed by atoms with van der Waals surface area (Å²) in [7, 11) is 0. The summed E-state index contributed by atoms with van der Waals surface area (Å²) in [6, 6.07) is 8.19. The van der Waals surface area contributed by atoms with E-state index in [0.717, 1.165) is 31.9 Å². The zero-order valence-corrected chi connectivity index (χ0v) is 11.8. The number of thioether (sulfide) groups is 1. The summed E-state index contributed by atoms with van der Waals surface area (Å²) in [6.45, 7) is 7.33. The molecule has 0 aliphatic heterocycles. The average molecular weight is 253 g/mol. The Morgan fingerprint density at radius 1 is 1.29 bits per heavy atom. The number of benzene rings is 1. The lowest BCUT2D eigenvalue weighted by atomic mass is 10.2. The van der Waals surface area contributed by atoms with E-state index in [1.807, 2.05) is 18.2 Å². The van der Waals surface area contributed by atoms with Gasteiger partial charge in [0.25, 0.3) is 0 Å². The second-order valence-electron chi connectivity index (χ2n) is 4.45. The summed E-state index contributed by atoms with van der Waals surface area (Å²) >= 11 is 1.73. The zero-order valence-electron chi connectivity index (χ0n) is 11.0. The average Bonchev–Trinajstić information content (AvgIpc) is 2.33. The Hall–Kier alpha value is -0.670. The van der Waals surface area contributed by atoms with Crippen molar-refractivity contribution < 1.29 is 4.74 Å². The first-order chi connectivity index (χ1) is 8.24. The third kappa shape index (κ3) is 5.99. The van der Waals surface area contributed by atoms with Crippen LogP contribution >= 0.6 is 11.8 Å². The molecule has 1 N–H and O–H groups in total. The van der Waals surface area contributed by atoms with Crippen LogP contribution in [-0.4, -0.2) is 26.0 Å². The van der Waals surface area contributed by atoms with Gasteiger partial charge >= 0.3 is 0 Å². The lowest BCUT2D eigenvalue weighted by molar-refractivity contribution is 0.300. The highest BCUT2D eigenvalue weighted by Crippen LogP contribution is 2.26. The van der Waals surface area contributed by atoms with Crippen molar-refractivity contribution in [2.75, 3.05) is 26.0 Å². The SMILES string of the molecule is CSc1ccccc1OCCCNCC(C)C. The maximum atomic E-state index is 5.77. The summed E-state index contributed by atoms with van der Waals surface area (Å²) in [5, 5.41) is 3.41. The fraction of sp³-hybridized carbons (Fsp3) is 0.571. The lowest BCUT2D eigenvalue weighted by Gasteiger charge is -2.10. The molecular formula is C14H23NOS. The number of nitrogens with one attached hydrogen (secondary N) is 1. The van der Waals surface area contributed by atoms with Gasteiger partial charge in [-0.25, -0.2) is 0 Å². The van der Waals surface area contributed by atoms with Gasteiger partial charge in [-0.05, 0) is 43.8 Å². The molecule has 0 saturated carbocycles. The molecule has 1 aromatic carbocycles. The van der Waals surface area contributed by atoms with Crippen LogP contribution in [0.1, 0.15) is 20.3 Å². The van der Waals surface area contributed by atoms with Crippen LogP contribution in [0.25, 0.3) is 0 Å². The van der Waals surface area contributed by atoms with Crippen molar-refractivity contribution in [3.63, 3.8) is 0 Å². The second-order valence-corrected chi connectivity index (χ2v) is 5.30. The van der Waals surface area contributed by atoms with E-state index in [2.05, 4.69) is 31.5 Å². The fourth-order valence-corrected chi connectivity index (χ4v) is 2.05. The fourth-order valence-electron chi connectivity index (χ4n) is 1.51. The molecule has 0 aromatic heterocycles. The molecule has 0 fully saturated rings.